The Morgan fingerprint density at radius 1 is 1.42 bits per heavy atom. The summed E-state index contributed by atoms with van der Waals surface area (Å²) in [4.78, 5) is 5.13. The standard InChI is InChI=1S/C15H26N4O3S2/c1-4-12(2)18-15(16-3)17-11-13-5-6-14(23-13)24(20,21)19-7-9-22-10-8-19/h5-6,12H,4,7-11H2,1-3H3,(H2,16,17,18). The maximum Gasteiger partial charge on any atom is 0.252 e. The highest BCUT2D eigenvalue weighted by atomic mass is 32.2. The van der Waals surface area contributed by atoms with E-state index in [9.17, 15) is 8.42 Å². The van der Waals surface area contributed by atoms with Crippen LogP contribution in [-0.4, -0.2) is 58.1 Å². The molecule has 2 N–H and O–H groups in total. The quantitative estimate of drug-likeness (QED) is 0.578. The Hall–Kier alpha value is -1.16. The molecular formula is C15H26N4O3S2. The maximum atomic E-state index is 12.6. The van der Waals surface area contributed by atoms with Gasteiger partial charge >= 0.3 is 0 Å². The van der Waals surface area contributed by atoms with Gasteiger partial charge in [-0.3, -0.25) is 4.99 Å². The monoisotopic (exact) mass is 374 g/mol. The SMILES string of the molecule is CCC(C)NC(=NC)NCc1ccc(S(=O)(=O)N2CCOCC2)s1. The fourth-order valence-corrected chi connectivity index (χ4v) is 5.06. The number of hydrogen-bond acceptors (Lipinski definition) is 5. The van der Waals surface area contributed by atoms with Crippen LogP contribution in [0.25, 0.3) is 0 Å². The zero-order valence-electron chi connectivity index (χ0n) is 14.4. The molecule has 1 saturated heterocycles. The largest absolute Gasteiger partial charge is 0.379 e. The van der Waals surface area contributed by atoms with Gasteiger partial charge in [-0.05, 0) is 25.5 Å². The smallest absolute Gasteiger partial charge is 0.252 e. The van der Waals surface area contributed by atoms with Crippen molar-refractivity contribution in [2.24, 2.45) is 4.99 Å². The van der Waals surface area contributed by atoms with Crippen molar-refractivity contribution in [2.45, 2.75) is 37.1 Å². The first-order valence-corrected chi connectivity index (χ1v) is 10.4. The van der Waals surface area contributed by atoms with Crippen molar-refractivity contribution in [3.05, 3.63) is 17.0 Å². The molecule has 7 nitrogen and oxygen atoms in total. The molecule has 24 heavy (non-hydrogen) atoms. The van der Waals surface area contributed by atoms with Crippen LogP contribution in [0.4, 0.5) is 0 Å². The van der Waals surface area contributed by atoms with Gasteiger partial charge in [0.15, 0.2) is 5.96 Å². The molecule has 1 aliphatic rings. The topological polar surface area (TPSA) is 83.0 Å². The zero-order chi connectivity index (χ0) is 17.6. The molecule has 0 aliphatic carbocycles. The third kappa shape index (κ3) is 4.92. The summed E-state index contributed by atoms with van der Waals surface area (Å²) in [6, 6.07) is 3.86. The van der Waals surface area contributed by atoms with Crippen molar-refractivity contribution in [2.75, 3.05) is 33.4 Å². The van der Waals surface area contributed by atoms with Crippen molar-refractivity contribution in [3.63, 3.8) is 0 Å². The average molecular weight is 375 g/mol. The van der Waals surface area contributed by atoms with Gasteiger partial charge in [0, 0.05) is 31.1 Å². The van der Waals surface area contributed by atoms with E-state index in [-0.39, 0.29) is 0 Å². The second kappa shape index (κ2) is 8.80. The number of nitrogens with zero attached hydrogens (tertiary/aromatic N) is 2. The Labute approximate surface area is 148 Å². The van der Waals surface area contributed by atoms with Crippen LogP contribution < -0.4 is 10.6 Å². The summed E-state index contributed by atoms with van der Waals surface area (Å²) in [5, 5.41) is 6.49. The van der Waals surface area contributed by atoms with Crippen LogP contribution in [-0.2, 0) is 21.3 Å². The number of nitrogens with one attached hydrogen (secondary N) is 2. The Balaban J connectivity index is 1.97. The molecule has 2 rings (SSSR count). The Bertz CT molecular complexity index is 651. The summed E-state index contributed by atoms with van der Waals surface area (Å²) in [5.74, 6) is 0.718. The third-order valence-corrected chi connectivity index (χ3v) is 7.30. The predicted molar refractivity (Wildman–Crippen MR) is 97.0 cm³/mol. The van der Waals surface area contributed by atoms with Gasteiger partial charge in [-0.1, -0.05) is 6.92 Å². The first-order chi connectivity index (χ1) is 11.5. The van der Waals surface area contributed by atoms with Gasteiger partial charge in [0.2, 0.25) is 0 Å². The summed E-state index contributed by atoms with van der Waals surface area (Å²) < 4.78 is 32.3. The molecule has 2 heterocycles. The molecule has 0 bridgehead atoms. The maximum absolute atomic E-state index is 12.6. The lowest BCUT2D eigenvalue weighted by Crippen LogP contribution is -2.41. The van der Waals surface area contributed by atoms with E-state index in [0.29, 0.717) is 43.1 Å². The number of sulfonamides is 1. The lowest BCUT2D eigenvalue weighted by atomic mass is 10.3. The van der Waals surface area contributed by atoms with Gasteiger partial charge in [-0.15, -0.1) is 11.3 Å². The van der Waals surface area contributed by atoms with E-state index in [0.717, 1.165) is 17.3 Å². The minimum atomic E-state index is -3.41. The van der Waals surface area contributed by atoms with Crippen LogP contribution in [0.1, 0.15) is 25.1 Å². The second-order valence-corrected chi connectivity index (χ2v) is 8.95. The van der Waals surface area contributed by atoms with Crippen LogP contribution in [0.15, 0.2) is 21.3 Å². The predicted octanol–water partition coefficient (Wildman–Crippen LogP) is 1.23. The highest BCUT2D eigenvalue weighted by Gasteiger charge is 2.27. The van der Waals surface area contributed by atoms with Gasteiger partial charge in [0.05, 0.1) is 19.8 Å². The van der Waals surface area contributed by atoms with Crippen LogP contribution in [0, 0.1) is 0 Å². The van der Waals surface area contributed by atoms with Crippen LogP contribution in [0.5, 0.6) is 0 Å². The Morgan fingerprint density at radius 2 is 2.12 bits per heavy atom. The molecule has 1 atom stereocenters. The normalized spacial score (nSPS) is 18.4. The summed E-state index contributed by atoms with van der Waals surface area (Å²) in [6.07, 6.45) is 1.00. The van der Waals surface area contributed by atoms with Crippen molar-refractivity contribution in [3.8, 4) is 0 Å². The summed E-state index contributed by atoms with van der Waals surface area (Å²) in [7, 11) is -1.69. The highest BCUT2D eigenvalue weighted by Crippen LogP contribution is 2.25. The first-order valence-electron chi connectivity index (χ1n) is 8.11. The van der Waals surface area contributed by atoms with Gasteiger partial charge in [0.1, 0.15) is 4.21 Å². The molecule has 0 saturated carbocycles. The number of hydrogen-bond donors (Lipinski definition) is 2. The number of aliphatic imine (C=N–C) groups is 1. The molecule has 0 spiro atoms. The van der Waals surface area contributed by atoms with Crippen molar-refractivity contribution >= 4 is 27.3 Å². The molecule has 0 radical (unpaired) electrons. The van der Waals surface area contributed by atoms with Crippen molar-refractivity contribution < 1.29 is 13.2 Å². The van der Waals surface area contributed by atoms with Gasteiger partial charge in [0.25, 0.3) is 10.0 Å². The van der Waals surface area contributed by atoms with E-state index in [1.165, 1.54) is 15.6 Å². The number of ether oxygens (including phenoxy) is 1. The zero-order valence-corrected chi connectivity index (χ0v) is 16.0. The summed E-state index contributed by atoms with van der Waals surface area (Å²) in [5.41, 5.74) is 0. The fourth-order valence-electron chi connectivity index (χ4n) is 2.21. The van der Waals surface area contributed by atoms with E-state index in [4.69, 9.17) is 4.74 Å². The molecule has 9 heteroatoms. The molecule has 1 aromatic rings. The van der Waals surface area contributed by atoms with Crippen LogP contribution >= 0.6 is 11.3 Å². The van der Waals surface area contributed by atoms with Crippen molar-refractivity contribution in [1.29, 1.82) is 0 Å². The summed E-state index contributed by atoms with van der Waals surface area (Å²) >= 11 is 1.29. The van der Waals surface area contributed by atoms with Gasteiger partial charge < -0.3 is 15.4 Å². The molecule has 0 amide bonds. The number of rotatable bonds is 6. The molecule has 0 aromatic carbocycles. The molecule has 1 unspecified atom stereocenters. The van der Waals surface area contributed by atoms with E-state index in [1.807, 2.05) is 6.07 Å². The number of guanidine groups is 1. The summed E-state index contributed by atoms with van der Waals surface area (Å²) in [6.45, 7) is 6.48. The lowest BCUT2D eigenvalue weighted by molar-refractivity contribution is 0.0731. The van der Waals surface area contributed by atoms with Crippen molar-refractivity contribution in [1.82, 2.24) is 14.9 Å². The highest BCUT2D eigenvalue weighted by molar-refractivity contribution is 7.91. The fraction of sp³-hybridized carbons (Fsp3) is 0.667. The van der Waals surface area contributed by atoms with Gasteiger partial charge in [-0.25, -0.2) is 8.42 Å². The lowest BCUT2D eigenvalue weighted by Gasteiger charge is -2.25. The minimum absolute atomic E-state index is 0.330. The Morgan fingerprint density at radius 3 is 2.75 bits per heavy atom. The number of morpholine rings is 1. The molecular weight excluding hydrogens is 348 g/mol. The van der Waals surface area contributed by atoms with E-state index < -0.39 is 10.0 Å². The minimum Gasteiger partial charge on any atom is -0.379 e. The van der Waals surface area contributed by atoms with Crippen LogP contribution in [0.3, 0.4) is 0 Å². The molecule has 1 aromatic heterocycles. The molecule has 1 fully saturated rings. The number of thiophene rings is 1. The van der Waals surface area contributed by atoms with E-state index >= 15 is 0 Å². The second-order valence-electron chi connectivity index (χ2n) is 5.62. The van der Waals surface area contributed by atoms with E-state index in [2.05, 4.69) is 29.5 Å². The Kier molecular flexibility index (Phi) is 7.02. The molecule has 136 valence electrons. The molecule has 1 aliphatic heterocycles. The van der Waals surface area contributed by atoms with Gasteiger partial charge in [-0.2, -0.15) is 4.31 Å². The first kappa shape index (κ1) is 19.2. The third-order valence-electron chi connectivity index (χ3n) is 3.85. The van der Waals surface area contributed by atoms with E-state index in [1.54, 1.807) is 13.1 Å². The average Bonchev–Trinajstić information content (AvgIpc) is 3.09. The van der Waals surface area contributed by atoms with Crippen LogP contribution in [0.2, 0.25) is 0 Å².